The average Bonchev–Trinajstić information content (AvgIpc) is 2.43. The molecule has 2 aromatic carbocycles. The molecule has 0 aliphatic heterocycles. The molecule has 4 heteroatoms. The molecule has 0 bridgehead atoms. The zero-order valence-corrected chi connectivity index (χ0v) is 11.3. The number of carbonyl (C=O) groups is 1. The monoisotopic (exact) mass is 271 g/mol. The molecule has 0 fully saturated rings. The molecule has 0 aliphatic carbocycles. The van der Waals surface area contributed by atoms with Gasteiger partial charge in [-0.15, -0.1) is 0 Å². The van der Waals surface area contributed by atoms with Crippen molar-refractivity contribution in [3.05, 3.63) is 65.2 Å². The van der Waals surface area contributed by atoms with Crippen LogP contribution in [0.2, 0.25) is 0 Å². The van der Waals surface area contributed by atoms with Crippen molar-refractivity contribution in [3.8, 4) is 5.75 Å². The lowest BCUT2D eigenvalue weighted by Gasteiger charge is -2.08. The van der Waals surface area contributed by atoms with Gasteiger partial charge in [-0.3, -0.25) is 0 Å². The third-order valence-corrected chi connectivity index (χ3v) is 2.77. The molecule has 2 N–H and O–H groups in total. The number of phenolic OH excluding ortho intramolecular Hbond substituents is 1. The quantitative estimate of drug-likeness (QED) is 0.898. The number of benzene rings is 2. The highest BCUT2D eigenvalue weighted by molar-refractivity contribution is 5.67. The molecule has 0 atom stereocenters. The Morgan fingerprint density at radius 3 is 2.60 bits per heavy atom. The Balaban J connectivity index is 1.80. The maximum atomic E-state index is 11.6. The van der Waals surface area contributed by atoms with Gasteiger partial charge < -0.3 is 15.2 Å². The second-order valence-electron chi connectivity index (χ2n) is 4.59. The number of nitrogens with one attached hydrogen (secondary N) is 1. The van der Waals surface area contributed by atoms with Crippen molar-refractivity contribution in [1.29, 1.82) is 0 Å². The minimum atomic E-state index is -0.477. The van der Waals surface area contributed by atoms with Gasteiger partial charge in [0.05, 0.1) is 0 Å². The van der Waals surface area contributed by atoms with E-state index in [-0.39, 0.29) is 12.4 Å². The van der Waals surface area contributed by atoms with Gasteiger partial charge in [0.15, 0.2) is 0 Å². The fourth-order valence-electron chi connectivity index (χ4n) is 1.89. The number of rotatable bonds is 4. The topological polar surface area (TPSA) is 58.6 Å². The predicted octanol–water partition coefficient (Wildman–Crippen LogP) is 3.13. The lowest BCUT2D eigenvalue weighted by molar-refractivity contribution is 0.139. The summed E-state index contributed by atoms with van der Waals surface area (Å²) in [4.78, 5) is 11.6. The van der Waals surface area contributed by atoms with Crippen LogP contribution in [0.5, 0.6) is 5.75 Å². The van der Waals surface area contributed by atoms with Gasteiger partial charge in [-0.1, -0.05) is 36.4 Å². The van der Waals surface area contributed by atoms with Crippen LogP contribution in [0.1, 0.15) is 16.7 Å². The van der Waals surface area contributed by atoms with Crippen molar-refractivity contribution in [2.75, 3.05) is 0 Å². The first-order valence-corrected chi connectivity index (χ1v) is 6.37. The summed E-state index contributed by atoms with van der Waals surface area (Å²) in [7, 11) is 0. The number of phenols is 1. The highest BCUT2D eigenvalue weighted by Gasteiger charge is 2.03. The summed E-state index contributed by atoms with van der Waals surface area (Å²) in [6.07, 6.45) is -0.477. The van der Waals surface area contributed by atoms with Gasteiger partial charge in [-0.25, -0.2) is 4.79 Å². The van der Waals surface area contributed by atoms with E-state index in [0.29, 0.717) is 6.54 Å². The van der Waals surface area contributed by atoms with Crippen molar-refractivity contribution in [2.45, 2.75) is 20.1 Å². The minimum Gasteiger partial charge on any atom is -0.508 e. The lowest BCUT2D eigenvalue weighted by atomic mass is 10.1. The van der Waals surface area contributed by atoms with Gasteiger partial charge >= 0.3 is 6.09 Å². The maximum absolute atomic E-state index is 11.6. The number of aryl methyl sites for hydroxylation is 1. The summed E-state index contributed by atoms with van der Waals surface area (Å²) < 4.78 is 5.10. The van der Waals surface area contributed by atoms with Crippen molar-refractivity contribution in [3.63, 3.8) is 0 Å². The van der Waals surface area contributed by atoms with Crippen LogP contribution in [-0.2, 0) is 17.9 Å². The van der Waals surface area contributed by atoms with Crippen LogP contribution < -0.4 is 5.32 Å². The molecule has 0 unspecified atom stereocenters. The summed E-state index contributed by atoms with van der Waals surface area (Å²) in [6.45, 7) is 2.45. The first-order chi connectivity index (χ1) is 9.63. The number of ether oxygens (including phenoxy) is 1. The Kier molecular flexibility index (Phi) is 4.60. The normalized spacial score (nSPS) is 10.1. The first-order valence-electron chi connectivity index (χ1n) is 6.37. The Bertz CT molecular complexity index is 561. The zero-order chi connectivity index (χ0) is 14.4. The Morgan fingerprint density at radius 2 is 1.90 bits per heavy atom. The van der Waals surface area contributed by atoms with Gasteiger partial charge in [0.1, 0.15) is 12.4 Å². The molecule has 0 aliphatic rings. The highest BCUT2D eigenvalue weighted by atomic mass is 16.5. The fraction of sp³-hybridized carbons (Fsp3) is 0.188. The second kappa shape index (κ2) is 6.61. The SMILES string of the molecule is Cc1cc(O)cc(CNC(=O)OCc2ccccc2)c1. The number of aromatic hydroxyl groups is 1. The molecule has 2 rings (SSSR count). The maximum Gasteiger partial charge on any atom is 0.407 e. The summed E-state index contributed by atoms with van der Waals surface area (Å²) in [5.41, 5.74) is 2.72. The lowest BCUT2D eigenvalue weighted by Crippen LogP contribution is -2.23. The largest absolute Gasteiger partial charge is 0.508 e. The Hall–Kier alpha value is -2.49. The number of amides is 1. The molecule has 0 spiro atoms. The van der Waals surface area contributed by atoms with E-state index in [1.54, 1.807) is 12.1 Å². The van der Waals surface area contributed by atoms with Crippen LogP contribution in [0.3, 0.4) is 0 Å². The van der Waals surface area contributed by atoms with Gasteiger partial charge in [-0.05, 0) is 35.7 Å². The van der Waals surface area contributed by atoms with Gasteiger partial charge in [0.25, 0.3) is 0 Å². The molecular weight excluding hydrogens is 254 g/mol. The van der Waals surface area contributed by atoms with Crippen molar-refractivity contribution >= 4 is 6.09 Å². The zero-order valence-electron chi connectivity index (χ0n) is 11.3. The third kappa shape index (κ3) is 4.31. The number of alkyl carbamates (subject to hydrolysis) is 1. The van der Waals surface area contributed by atoms with Crippen molar-refractivity contribution in [1.82, 2.24) is 5.32 Å². The Labute approximate surface area is 118 Å². The smallest absolute Gasteiger partial charge is 0.407 e. The number of hydrogen-bond acceptors (Lipinski definition) is 3. The molecule has 4 nitrogen and oxygen atoms in total. The standard InChI is InChI=1S/C16H17NO3/c1-12-7-14(9-15(18)8-12)10-17-16(19)20-11-13-5-3-2-4-6-13/h2-9,18H,10-11H2,1H3,(H,17,19). The van der Waals surface area contributed by atoms with Gasteiger partial charge in [0.2, 0.25) is 0 Å². The summed E-state index contributed by atoms with van der Waals surface area (Å²) in [5.74, 6) is 0.194. The molecule has 20 heavy (non-hydrogen) atoms. The minimum absolute atomic E-state index is 0.194. The van der Waals surface area contributed by atoms with E-state index < -0.39 is 6.09 Å². The van der Waals surface area contributed by atoms with Gasteiger partial charge in [0, 0.05) is 6.54 Å². The molecule has 0 radical (unpaired) electrons. The molecule has 2 aromatic rings. The van der Waals surface area contributed by atoms with Crippen LogP contribution >= 0.6 is 0 Å². The molecular formula is C16H17NO3. The van der Waals surface area contributed by atoms with Crippen LogP contribution in [0, 0.1) is 6.92 Å². The molecule has 1 amide bonds. The Morgan fingerprint density at radius 1 is 1.15 bits per heavy atom. The van der Waals surface area contributed by atoms with Crippen LogP contribution in [0.4, 0.5) is 4.79 Å². The summed E-state index contributed by atoms with van der Waals surface area (Å²) in [5, 5.41) is 12.1. The molecule has 0 saturated heterocycles. The van der Waals surface area contributed by atoms with Crippen LogP contribution in [0.15, 0.2) is 48.5 Å². The average molecular weight is 271 g/mol. The van der Waals surface area contributed by atoms with E-state index in [1.807, 2.05) is 43.3 Å². The predicted molar refractivity (Wildman–Crippen MR) is 76.3 cm³/mol. The molecule has 0 saturated carbocycles. The third-order valence-electron chi connectivity index (χ3n) is 2.77. The number of carbonyl (C=O) groups excluding carboxylic acids is 1. The van der Waals surface area contributed by atoms with Gasteiger partial charge in [-0.2, -0.15) is 0 Å². The van der Waals surface area contributed by atoms with E-state index in [4.69, 9.17) is 4.74 Å². The second-order valence-corrected chi connectivity index (χ2v) is 4.59. The van der Waals surface area contributed by atoms with Crippen molar-refractivity contribution in [2.24, 2.45) is 0 Å². The summed E-state index contributed by atoms with van der Waals surface area (Å²) in [6, 6.07) is 14.7. The van der Waals surface area contributed by atoms with Crippen LogP contribution in [0.25, 0.3) is 0 Å². The molecule has 0 heterocycles. The van der Waals surface area contributed by atoms with E-state index in [0.717, 1.165) is 16.7 Å². The van der Waals surface area contributed by atoms with E-state index >= 15 is 0 Å². The fourth-order valence-corrected chi connectivity index (χ4v) is 1.89. The van der Waals surface area contributed by atoms with E-state index in [9.17, 15) is 9.90 Å². The van der Waals surface area contributed by atoms with Crippen molar-refractivity contribution < 1.29 is 14.6 Å². The van der Waals surface area contributed by atoms with Crippen LogP contribution in [-0.4, -0.2) is 11.2 Å². The summed E-state index contributed by atoms with van der Waals surface area (Å²) >= 11 is 0. The molecule has 0 aromatic heterocycles. The highest BCUT2D eigenvalue weighted by Crippen LogP contribution is 2.14. The van der Waals surface area contributed by atoms with E-state index in [2.05, 4.69) is 5.32 Å². The van der Waals surface area contributed by atoms with E-state index in [1.165, 1.54) is 0 Å². The number of hydrogen-bond donors (Lipinski definition) is 2. The first kappa shape index (κ1) is 13.9. The molecule has 104 valence electrons.